The van der Waals surface area contributed by atoms with Gasteiger partial charge in [0.25, 0.3) is 5.91 Å². The van der Waals surface area contributed by atoms with Crippen molar-refractivity contribution in [2.24, 2.45) is 11.7 Å². The molecule has 1 aromatic rings. The Bertz CT molecular complexity index is 495. The fourth-order valence-corrected chi connectivity index (χ4v) is 3.16. The Kier molecular flexibility index (Phi) is 5.65. The third kappa shape index (κ3) is 3.98. The molecule has 1 aliphatic heterocycles. The van der Waals surface area contributed by atoms with Crippen LogP contribution in [-0.2, 0) is 4.79 Å². The lowest BCUT2D eigenvalue weighted by Gasteiger charge is -2.39. The maximum atomic E-state index is 12.6. The fourth-order valence-electron chi connectivity index (χ4n) is 2.78. The first-order valence-electron chi connectivity index (χ1n) is 7.44. The predicted molar refractivity (Wildman–Crippen MR) is 87.2 cm³/mol. The Balaban J connectivity index is 2.03. The first-order chi connectivity index (χ1) is 10.0. The van der Waals surface area contributed by atoms with E-state index >= 15 is 0 Å². The molecule has 2 N–H and O–H groups in total. The summed E-state index contributed by atoms with van der Waals surface area (Å²) in [6, 6.07) is 7.69. The van der Waals surface area contributed by atoms with E-state index < -0.39 is 6.10 Å². The molecular weight excluding hydrogens is 332 g/mol. The van der Waals surface area contributed by atoms with Gasteiger partial charge in [0.05, 0.1) is 4.47 Å². The summed E-state index contributed by atoms with van der Waals surface area (Å²) in [4.78, 5) is 14.5. The van der Waals surface area contributed by atoms with Crippen LogP contribution in [0, 0.1) is 5.92 Å². The summed E-state index contributed by atoms with van der Waals surface area (Å²) in [7, 11) is 0. The minimum absolute atomic E-state index is 0.0214. The van der Waals surface area contributed by atoms with Crippen molar-refractivity contribution in [1.82, 2.24) is 4.90 Å². The van der Waals surface area contributed by atoms with Crippen LogP contribution in [0.4, 0.5) is 0 Å². The van der Waals surface area contributed by atoms with Gasteiger partial charge in [-0.3, -0.25) is 4.79 Å². The minimum atomic E-state index is -0.508. The molecule has 3 atom stereocenters. The van der Waals surface area contributed by atoms with Gasteiger partial charge < -0.3 is 15.4 Å². The van der Waals surface area contributed by atoms with Gasteiger partial charge in [-0.25, -0.2) is 0 Å². The zero-order chi connectivity index (χ0) is 15.4. The number of amides is 1. The van der Waals surface area contributed by atoms with E-state index in [1.807, 2.05) is 29.2 Å². The van der Waals surface area contributed by atoms with Crippen molar-refractivity contribution in [3.8, 4) is 5.75 Å². The zero-order valence-electron chi connectivity index (χ0n) is 12.6. The third-order valence-electron chi connectivity index (χ3n) is 4.02. The maximum absolute atomic E-state index is 12.6. The average Bonchev–Trinajstić information content (AvgIpc) is 2.48. The number of nitrogens with zero attached hydrogens (tertiary/aromatic N) is 1. The molecule has 1 amide bonds. The van der Waals surface area contributed by atoms with E-state index in [9.17, 15) is 4.79 Å². The number of hydrogen-bond donors (Lipinski definition) is 1. The first-order valence-corrected chi connectivity index (χ1v) is 8.24. The number of carbonyl (C=O) groups is 1. The van der Waals surface area contributed by atoms with E-state index in [-0.39, 0.29) is 11.9 Å². The monoisotopic (exact) mass is 354 g/mol. The second kappa shape index (κ2) is 7.27. The summed E-state index contributed by atoms with van der Waals surface area (Å²) >= 11 is 3.43. The highest BCUT2D eigenvalue weighted by atomic mass is 79.9. The van der Waals surface area contributed by atoms with Gasteiger partial charge in [-0.1, -0.05) is 19.1 Å². The Labute approximate surface area is 134 Å². The van der Waals surface area contributed by atoms with Crippen molar-refractivity contribution in [3.05, 3.63) is 28.7 Å². The number of para-hydroxylation sites is 1. The molecular formula is C16H23BrN2O2. The summed E-state index contributed by atoms with van der Waals surface area (Å²) in [6.07, 6.45) is 1.50. The van der Waals surface area contributed by atoms with E-state index in [0.29, 0.717) is 18.2 Å². The molecule has 1 heterocycles. The van der Waals surface area contributed by atoms with Crippen LogP contribution in [0.3, 0.4) is 0 Å². The molecule has 1 saturated heterocycles. The van der Waals surface area contributed by atoms with Crippen molar-refractivity contribution in [3.63, 3.8) is 0 Å². The normalized spacial score (nSPS) is 23.7. The predicted octanol–water partition coefficient (Wildman–Crippen LogP) is 2.80. The van der Waals surface area contributed by atoms with Crippen molar-refractivity contribution < 1.29 is 9.53 Å². The van der Waals surface area contributed by atoms with Gasteiger partial charge in [0, 0.05) is 19.1 Å². The van der Waals surface area contributed by atoms with E-state index in [0.717, 1.165) is 23.9 Å². The highest BCUT2D eigenvalue weighted by Gasteiger charge is 2.32. The number of rotatable bonds is 4. The number of piperidine rings is 1. The maximum Gasteiger partial charge on any atom is 0.263 e. The lowest BCUT2D eigenvalue weighted by atomic mass is 9.92. The van der Waals surface area contributed by atoms with Gasteiger partial charge in [-0.2, -0.15) is 0 Å². The summed E-state index contributed by atoms with van der Waals surface area (Å²) < 4.78 is 6.65. The zero-order valence-corrected chi connectivity index (χ0v) is 14.2. The number of nitrogens with two attached hydrogens (primary N) is 1. The molecule has 1 aromatic carbocycles. The van der Waals surface area contributed by atoms with Gasteiger partial charge >= 0.3 is 0 Å². The van der Waals surface area contributed by atoms with Crippen LogP contribution < -0.4 is 10.5 Å². The minimum Gasteiger partial charge on any atom is -0.480 e. The third-order valence-corrected chi connectivity index (χ3v) is 4.68. The van der Waals surface area contributed by atoms with Crippen LogP contribution in [0.15, 0.2) is 28.7 Å². The van der Waals surface area contributed by atoms with Gasteiger partial charge in [0.1, 0.15) is 5.75 Å². The molecule has 2 rings (SSSR count). The molecule has 1 aliphatic rings. The molecule has 116 valence electrons. The van der Waals surface area contributed by atoms with E-state index in [1.54, 1.807) is 6.92 Å². The van der Waals surface area contributed by atoms with Crippen LogP contribution in [0.1, 0.15) is 26.7 Å². The number of carbonyl (C=O) groups excluding carboxylic acids is 1. The average molecular weight is 355 g/mol. The van der Waals surface area contributed by atoms with Crippen molar-refractivity contribution >= 4 is 21.8 Å². The Morgan fingerprint density at radius 3 is 2.90 bits per heavy atom. The molecule has 0 aromatic heterocycles. The molecule has 3 unspecified atom stereocenters. The number of halogens is 1. The lowest BCUT2D eigenvalue weighted by Crippen LogP contribution is -2.52. The smallest absolute Gasteiger partial charge is 0.263 e. The highest BCUT2D eigenvalue weighted by Crippen LogP contribution is 2.27. The molecule has 0 bridgehead atoms. The molecule has 21 heavy (non-hydrogen) atoms. The van der Waals surface area contributed by atoms with Crippen LogP contribution in [-0.4, -0.2) is 36.0 Å². The molecule has 0 saturated carbocycles. The quantitative estimate of drug-likeness (QED) is 0.904. The Morgan fingerprint density at radius 2 is 2.24 bits per heavy atom. The van der Waals surface area contributed by atoms with E-state index in [2.05, 4.69) is 22.9 Å². The second-order valence-corrected chi connectivity index (χ2v) is 6.60. The largest absolute Gasteiger partial charge is 0.480 e. The number of ether oxygens (including phenoxy) is 1. The van der Waals surface area contributed by atoms with Crippen molar-refractivity contribution in [2.75, 3.05) is 13.1 Å². The SMILES string of the molecule is CC1CCN(C(=O)C(C)Oc2ccccc2Br)C(CN)C1. The van der Waals surface area contributed by atoms with Gasteiger partial charge in [-0.05, 0) is 53.7 Å². The Hall–Kier alpha value is -1.07. The molecule has 0 radical (unpaired) electrons. The van der Waals surface area contributed by atoms with E-state index in [1.165, 1.54) is 0 Å². The molecule has 5 heteroatoms. The van der Waals surface area contributed by atoms with Crippen LogP contribution in [0.5, 0.6) is 5.75 Å². The van der Waals surface area contributed by atoms with Crippen LogP contribution in [0.25, 0.3) is 0 Å². The summed E-state index contributed by atoms with van der Waals surface area (Å²) in [6.45, 7) is 5.29. The molecule has 0 spiro atoms. The van der Waals surface area contributed by atoms with Crippen LogP contribution in [0.2, 0.25) is 0 Å². The second-order valence-electron chi connectivity index (χ2n) is 5.74. The van der Waals surface area contributed by atoms with Gasteiger partial charge in [0.15, 0.2) is 6.10 Å². The highest BCUT2D eigenvalue weighted by molar-refractivity contribution is 9.10. The number of benzene rings is 1. The van der Waals surface area contributed by atoms with Gasteiger partial charge in [-0.15, -0.1) is 0 Å². The van der Waals surface area contributed by atoms with Crippen LogP contribution >= 0.6 is 15.9 Å². The number of hydrogen-bond acceptors (Lipinski definition) is 3. The Morgan fingerprint density at radius 1 is 1.52 bits per heavy atom. The van der Waals surface area contributed by atoms with Crippen molar-refractivity contribution in [2.45, 2.75) is 38.8 Å². The topological polar surface area (TPSA) is 55.6 Å². The first kappa shape index (κ1) is 16.3. The van der Waals surface area contributed by atoms with Crippen molar-refractivity contribution in [1.29, 1.82) is 0 Å². The van der Waals surface area contributed by atoms with Gasteiger partial charge in [0.2, 0.25) is 0 Å². The summed E-state index contributed by atoms with van der Waals surface area (Å²) in [5.41, 5.74) is 5.83. The molecule has 0 aliphatic carbocycles. The summed E-state index contributed by atoms with van der Waals surface area (Å²) in [5.74, 6) is 1.34. The van der Waals surface area contributed by atoms with E-state index in [4.69, 9.17) is 10.5 Å². The number of likely N-dealkylation sites (tertiary alicyclic amines) is 1. The standard InChI is InChI=1S/C16H23BrN2O2/c1-11-7-8-19(13(9-11)10-18)16(20)12(2)21-15-6-4-3-5-14(15)17/h3-6,11-13H,7-10,18H2,1-2H3. The summed E-state index contributed by atoms with van der Waals surface area (Å²) in [5, 5.41) is 0. The molecule has 1 fully saturated rings. The molecule has 4 nitrogen and oxygen atoms in total. The fraction of sp³-hybridized carbons (Fsp3) is 0.562. The lowest BCUT2D eigenvalue weighted by molar-refractivity contribution is -0.142.